The first kappa shape index (κ1) is 10.8. The highest BCUT2D eigenvalue weighted by molar-refractivity contribution is 5.24. The van der Waals surface area contributed by atoms with E-state index in [-0.39, 0.29) is 0 Å². The number of aromatic nitrogens is 3. The van der Waals surface area contributed by atoms with Crippen molar-refractivity contribution in [3.63, 3.8) is 0 Å². The first-order valence-electron chi connectivity index (χ1n) is 4.75. The Bertz CT molecular complexity index is 299. The van der Waals surface area contributed by atoms with Gasteiger partial charge in [-0.2, -0.15) is 5.10 Å². The summed E-state index contributed by atoms with van der Waals surface area (Å²) in [6.07, 6.45) is 0. The molecular weight excluding hydrogens is 178 g/mol. The third-order valence-electron chi connectivity index (χ3n) is 2.10. The van der Waals surface area contributed by atoms with Crippen LogP contribution in [-0.2, 0) is 0 Å². The molecule has 0 spiro atoms. The Kier molecular flexibility index (Phi) is 3.76. The van der Waals surface area contributed by atoms with E-state index in [1.54, 1.807) is 0 Å². The molecule has 0 amide bonds. The van der Waals surface area contributed by atoms with Gasteiger partial charge in [-0.25, -0.2) is 4.98 Å². The van der Waals surface area contributed by atoms with Gasteiger partial charge in [-0.3, -0.25) is 0 Å². The molecule has 78 valence electrons. The van der Waals surface area contributed by atoms with Crippen LogP contribution in [0.25, 0.3) is 0 Å². The number of aryl methyl sites for hydroxylation is 2. The first-order valence-corrected chi connectivity index (χ1v) is 4.75. The van der Waals surface area contributed by atoms with Crippen molar-refractivity contribution >= 4 is 5.95 Å². The fraction of sp³-hybridized carbons (Fsp3) is 0.667. The molecule has 1 aromatic heterocycles. The number of hydrogen-bond donors (Lipinski definition) is 2. The Balaban J connectivity index is 2.55. The van der Waals surface area contributed by atoms with Crippen LogP contribution in [-0.4, -0.2) is 28.3 Å². The summed E-state index contributed by atoms with van der Waals surface area (Å²) in [6, 6.07) is 0. The molecule has 0 radical (unpaired) electrons. The van der Waals surface area contributed by atoms with Gasteiger partial charge in [0.25, 0.3) is 0 Å². The van der Waals surface area contributed by atoms with Crippen LogP contribution in [0.1, 0.15) is 18.3 Å². The van der Waals surface area contributed by atoms with E-state index in [0.717, 1.165) is 17.9 Å². The number of hydrogen-bond acceptors (Lipinski definition) is 5. The zero-order chi connectivity index (χ0) is 10.6. The summed E-state index contributed by atoms with van der Waals surface area (Å²) in [6.45, 7) is 7.32. The molecule has 5 nitrogen and oxygen atoms in total. The van der Waals surface area contributed by atoms with Crippen molar-refractivity contribution in [1.82, 2.24) is 15.2 Å². The lowest BCUT2D eigenvalue weighted by molar-refractivity contribution is 0.623. The number of anilines is 1. The standard InChI is InChI=1S/C9H17N5/c1-6(4-10)5-11-9-12-7(2)8(3)13-14-9/h6H,4-5,10H2,1-3H3,(H,11,12,14). The molecule has 0 fully saturated rings. The smallest absolute Gasteiger partial charge is 0.242 e. The van der Waals surface area contributed by atoms with Crippen LogP contribution in [0.4, 0.5) is 5.95 Å². The van der Waals surface area contributed by atoms with E-state index in [2.05, 4.69) is 27.4 Å². The summed E-state index contributed by atoms with van der Waals surface area (Å²) >= 11 is 0. The Hall–Kier alpha value is -1.23. The third-order valence-corrected chi connectivity index (χ3v) is 2.10. The highest BCUT2D eigenvalue weighted by Gasteiger charge is 2.02. The van der Waals surface area contributed by atoms with Crippen molar-refractivity contribution in [3.05, 3.63) is 11.4 Å². The second-order valence-corrected chi connectivity index (χ2v) is 3.53. The van der Waals surface area contributed by atoms with E-state index in [1.165, 1.54) is 0 Å². The molecular formula is C9H17N5. The van der Waals surface area contributed by atoms with Crippen LogP contribution in [0.5, 0.6) is 0 Å². The molecule has 1 heterocycles. The highest BCUT2D eigenvalue weighted by atomic mass is 15.2. The maximum absolute atomic E-state index is 5.49. The SMILES string of the molecule is Cc1nnc(NCC(C)CN)nc1C. The lowest BCUT2D eigenvalue weighted by Crippen LogP contribution is -2.21. The fourth-order valence-corrected chi connectivity index (χ4v) is 0.881. The molecule has 1 unspecified atom stereocenters. The highest BCUT2D eigenvalue weighted by Crippen LogP contribution is 2.02. The van der Waals surface area contributed by atoms with Crippen molar-refractivity contribution < 1.29 is 0 Å². The van der Waals surface area contributed by atoms with Gasteiger partial charge in [0.15, 0.2) is 0 Å². The minimum Gasteiger partial charge on any atom is -0.353 e. The Morgan fingerprint density at radius 2 is 2.00 bits per heavy atom. The second kappa shape index (κ2) is 4.85. The third kappa shape index (κ3) is 2.92. The molecule has 0 aromatic carbocycles. The van der Waals surface area contributed by atoms with E-state index in [1.807, 2.05) is 13.8 Å². The predicted molar refractivity (Wildman–Crippen MR) is 56.0 cm³/mol. The van der Waals surface area contributed by atoms with Crippen molar-refractivity contribution in [2.24, 2.45) is 11.7 Å². The zero-order valence-corrected chi connectivity index (χ0v) is 8.91. The van der Waals surface area contributed by atoms with Gasteiger partial charge in [0.1, 0.15) is 0 Å². The molecule has 1 rings (SSSR count). The van der Waals surface area contributed by atoms with Crippen molar-refractivity contribution in [2.45, 2.75) is 20.8 Å². The molecule has 1 aromatic rings. The van der Waals surface area contributed by atoms with Crippen LogP contribution in [0.2, 0.25) is 0 Å². The van der Waals surface area contributed by atoms with Crippen LogP contribution in [0.15, 0.2) is 0 Å². The van der Waals surface area contributed by atoms with Crippen LogP contribution in [0, 0.1) is 19.8 Å². The lowest BCUT2D eigenvalue weighted by Gasteiger charge is -2.09. The minimum absolute atomic E-state index is 0.417. The summed E-state index contributed by atoms with van der Waals surface area (Å²) in [7, 11) is 0. The molecule has 3 N–H and O–H groups in total. The number of nitrogens with one attached hydrogen (secondary N) is 1. The summed E-state index contributed by atoms with van der Waals surface area (Å²) in [5.41, 5.74) is 7.26. The van der Waals surface area contributed by atoms with E-state index >= 15 is 0 Å². The van der Waals surface area contributed by atoms with Gasteiger partial charge in [-0.05, 0) is 26.3 Å². The van der Waals surface area contributed by atoms with Gasteiger partial charge in [-0.15, -0.1) is 5.10 Å². The summed E-state index contributed by atoms with van der Waals surface area (Å²) in [5, 5.41) is 11.0. The van der Waals surface area contributed by atoms with Gasteiger partial charge in [0, 0.05) is 6.54 Å². The van der Waals surface area contributed by atoms with Gasteiger partial charge in [-0.1, -0.05) is 6.92 Å². The maximum atomic E-state index is 5.49. The number of nitrogens with zero attached hydrogens (tertiary/aromatic N) is 3. The molecule has 0 aliphatic heterocycles. The van der Waals surface area contributed by atoms with Crippen molar-refractivity contribution in [3.8, 4) is 0 Å². The van der Waals surface area contributed by atoms with E-state index in [4.69, 9.17) is 5.73 Å². The zero-order valence-electron chi connectivity index (χ0n) is 8.91. The van der Waals surface area contributed by atoms with Gasteiger partial charge in [0.2, 0.25) is 5.95 Å². The first-order chi connectivity index (χ1) is 6.63. The molecule has 5 heteroatoms. The summed E-state index contributed by atoms with van der Waals surface area (Å²) in [5.74, 6) is 0.994. The minimum atomic E-state index is 0.417. The van der Waals surface area contributed by atoms with Crippen molar-refractivity contribution in [1.29, 1.82) is 0 Å². The van der Waals surface area contributed by atoms with E-state index in [9.17, 15) is 0 Å². The topological polar surface area (TPSA) is 76.7 Å². The monoisotopic (exact) mass is 195 g/mol. The van der Waals surface area contributed by atoms with Crippen LogP contribution in [0.3, 0.4) is 0 Å². The Labute approximate surface area is 84.1 Å². The Morgan fingerprint density at radius 1 is 1.29 bits per heavy atom. The molecule has 0 aliphatic carbocycles. The summed E-state index contributed by atoms with van der Waals surface area (Å²) in [4.78, 5) is 4.25. The van der Waals surface area contributed by atoms with Crippen LogP contribution < -0.4 is 11.1 Å². The second-order valence-electron chi connectivity index (χ2n) is 3.53. The quantitative estimate of drug-likeness (QED) is 0.731. The molecule has 0 aliphatic rings. The average Bonchev–Trinajstić information content (AvgIpc) is 2.19. The maximum Gasteiger partial charge on any atom is 0.242 e. The van der Waals surface area contributed by atoms with E-state index in [0.29, 0.717) is 18.4 Å². The van der Waals surface area contributed by atoms with Gasteiger partial charge < -0.3 is 11.1 Å². The molecule has 1 atom stereocenters. The number of rotatable bonds is 4. The number of nitrogens with two attached hydrogens (primary N) is 1. The summed E-state index contributed by atoms with van der Waals surface area (Å²) < 4.78 is 0. The fourth-order valence-electron chi connectivity index (χ4n) is 0.881. The molecule has 14 heavy (non-hydrogen) atoms. The predicted octanol–water partition coefficient (Wildman–Crippen LogP) is 0.495. The van der Waals surface area contributed by atoms with Crippen molar-refractivity contribution in [2.75, 3.05) is 18.4 Å². The Morgan fingerprint density at radius 3 is 2.57 bits per heavy atom. The molecule has 0 bridgehead atoms. The average molecular weight is 195 g/mol. The largest absolute Gasteiger partial charge is 0.353 e. The normalized spacial score (nSPS) is 12.6. The van der Waals surface area contributed by atoms with E-state index < -0.39 is 0 Å². The van der Waals surface area contributed by atoms with Gasteiger partial charge >= 0.3 is 0 Å². The molecule has 0 saturated carbocycles. The molecule has 0 saturated heterocycles. The van der Waals surface area contributed by atoms with Crippen LogP contribution >= 0.6 is 0 Å². The lowest BCUT2D eigenvalue weighted by atomic mass is 10.2. The van der Waals surface area contributed by atoms with Gasteiger partial charge in [0.05, 0.1) is 11.4 Å².